The van der Waals surface area contributed by atoms with Gasteiger partial charge in [0, 0.05) is 6.54 Å². The van der Waals surface area contributed by atoms with Crippen molar-refractivity contribution in [2.45, 2.75) is 45.6 Å². The molecule has 1 amide bonds. The van der Waals surface area contributed by atoms with Gasteiger partial charge < -0.3 is 4.74 Å². The second kappa shape index (κ2) is 7.13. The van der Waals surface area contributed by atoms with Gasteiger partial charge in [0.2, 0.25) is 0 Å². The number of amides is 1. The molecule has 1 aromatic rings. The molecule has 1 aliphatic heterocycles. The number of hydrogen-bond acceptors (Lipinski definition) is 2. The van der Waals surface area contributed by atoms with Gasteiger partial charge in [-0.3, -0.25) is 4.90 Å². The number of benzene rings is 1. The summed E-state index contributed by atoms with van der Waals surface area (Å²) in [7, 11) is 0. The van der Waals surface area contributed by atoms with Crippen molar-refractivity contribution in [3.63, 3.8) is 0 Å². The molecule has 0 radical (unpaired) electrons. The van der Waals surface area contributed by atoms with Crippen molar-refractivity contribution in [3.8, 4) is 0 Å². The van der Waals surface area contributed by atoms with Crippen molar-refractivity contribution in [1.82, 2.24) is 4.90 Å². The Bertz CT molecular complexity index is 467. The number of carbonyl (C=O) groups excluding carboxylic acids is 1. The van der Waals surface area contributed by atoms with Crippen LogP contribution in [0, 0.1) is 0 Å². The molecule has 3 heteroatoms. The number of hydrogen-bond donors (Lipinski definition) is 0. The predicted molar refractivity (Wildman–Crippen MR) is 81.2 cm³/mol. The van der Waals surface area contributed by atoms with Crippen molar-refractivity contribution >= 4 is 12.2 Å². The highest BCUT2D eigenvalue weighted by atomic mass is 16.6. The van der Waals surface area contributed by atoms with Gasteiger partial charge in [0.15, 0.2) is 0 Å². The Hall–Kier alpha value is -1.77. The molecular formula is C17H23NO2. The Morgan fingerprint density at radius 1 is 1.20 bits per heavy atom. The van der Waals surface area contributed by atoms with E-state index in [4.69, 9.17) is 4.74 Å². The van der Waals surface area contributed by atoms with E-state index >= 15 is 0 Å². The first-order valence-electron chi connectivity index (χ1n) is 7.51. The summed E-state index contributed by atoms with van der Waals surface area (Å²) in [5.74, 6) is 0.791. The number of ether oxygens (including phenoxy) is 1. The summed E-state index contributed by atoms with van der Waals surface area (Å²) in [6, 6.07) is 10.1. The van der Waals surface area contributed by atoms with Crippen molar-refractivity contribution in [1.29, 1.82) is 0 Å². The highest BCUT2D eigenvalue weighted by Gasteiger charge is 2.36. The normalized spacial score (nSPS) is 20.5. The molecule has 0 saturated carbocycles. The second-order valence-corrected chi connectivity index (χ2v) is 5.18. The first-order valence-corrected chi connectivity index (χ1v) is 7.51. The third-order valence-corrected chi connectivity index (χ3v) is 3.57. The first-order chi connectivity index (χ1) is 9.76. The Kier molecular flexibility index (Phi) is 5.22. The van der Waals surface area contributed by atoms with Gasteiger partial charge in [0.1, 0.15) is 5.76 Å². The third kappa shape index (κ3) is 3.41. The third-order valence-electron chi connectivity index (χ3n) is 3.57. The summed E-state index contributed by atoms with van der Waals surface area (Å²) in [6.45, 7) is 5.06. The monoisotopic (exact) mass is 273 g/mol. The Balaban J connectivity index is 2.19. The largest absolute Gasteiger partial charge is 0.415 e. The lowest BCUT2D eigenvalue weighted by Crippen LogP contribution is -2.33. The zero-order chi connectivity index (χ0) is 14.4. The standard InChI is InChI=1S/C17H23NO2/c1-3-5-12-18-15(9-4-2)16(20-17(18)19)13-14-10-7-6-8-11-14/h6-8,10-11,13,15H,3-5,9,12H2,1-2H3/b16-13-. The molecule has 0 aromatic heterocycles. The summed E-state index contributed by atoms with van der Waals surface area (Å²) in [4.78, 5) is 13.9. The lowest BCUT2D eigenvalue weighted by Gasteiger charge is -2.20. The second-order valence-electron chi connectivity index (χ2n) is 5.18. The van der Waals surface area contributed by atoms with E-state index in [1.165, 1.54) is 0 Å². The van der Waals surface area contributed by atoms with Gasteiger partial charge in [-0.2, -0.15) is 0 Å². The fraction of sp³-hybridized carbons (Fsp3) is 0.471. The van der Waals surface area contributed by atoms with Gasteiger partial charge >= 0.3 is 6.09 Å². The number of carbonyl (C=O) groups is 1. The minimum absolute atomic E-state index is 0.0965. The van der Waals surface area contributed by atoms with E-state index in [2.05, 4.69) is 13.8 Å². The van der Waals surface area contributed by atoms with Crippen molar-refractivity contribution in [3.05, 3.63) is 41.7 Å². The summed E-state index contributed by atoms with van der Waals surface area (Å²) in [6.07, 6.45) is 5.89. The zero-order valence-electron chi connectivity index (χ0n) is 12.3. The van der Waals surface area contributed by atoms with Crippen LogP contribution in [0.5, 0.6) is 0 Å². The van der Waals surface area contributed by atoms with Crippen molar-refractivity contribution in [2.24, 2.45) is 0 Å². The van der Waals surface area contributed by atoms with Crippen LogP contribution in [0.1, 0.15) is 45.1 Å². The maximum absolute atomic E-state index is 12.0. The van der Waals surface area contributed by atoms with Gasteiger partial charge in [0.25, 0.3) is 0 Å². The maximum atomic E-state index is 12.0. The molecule has 1 heterocycles. The molecule has 2 rings (SSSR count). The topological polar surface area (TPSA) is 29.5 Å². The molecule has 108 valence electrons. The van der Waals surface area contributed by atoms with E-state index in [-0.39, 0.29) is 12.1 Å². The molecule has 1 atom stereocenters. The minimum atomic E-state index is -0.195. The number of rotatable bonds is 6. The van der Waals surface area contributed by atoms with Crippen LogP contribution in [-0.2, 0) is 4.74 Å². The molecule has 1 aromatic carbocycles. The summed E-state index contributed by atoms with van der Waals surface area (Å²) in [5.41, 5.74) is 1.08. The molecule has 1 unspecified atom stereocenters. The molecule has 0 spiro atoms. The lowest BCUT2D eigenvalue weighted by molar-refractivity contribution is 0.164. The first kappa shape index (κ1) is 14.6. The van der Waals surface area contributed by atoms with Crippen LogP contribution >= 0.6 is 0 Å². The molecule has 1 aliphatic rings. The average Bonchev–Trinajstić information content (AvgIpc) is 2.74. The Morgan fingerprint density at radius 2 is 1.95 bits per heavy atom. The van der Waals surface area contributed by atoms with E-state index in [0.29, 0.717) is 0 Å². The van der Waals surface area contributed by atoms with Crippen LogP contribution in [0.3, 0.4) is 0 Å². The molecule has 20 heavy (non-hydrogen) atoms. The van der Waals surface area contributed by atoms with Gasteiger partial charge in [-0.25, -0.2) is 4.79 Å². The molecule has 1 fully saturated rings. The van der Waals surface area contributed by atoms with Crippen LogP contribution in [0.25, 0.3) is 6.08 Å². The molecule has 0 aliphatic carbocycles. The van der Waals surface area contributed by atoms with E-state index in [9.17, 15) is 4.79 Å². The highest BCUT2D eigenvalue weighted by Crippen LogP contribution is 2.28. The van der Waals surface area contributed by atoms with Crippen LogP contribution in [0.4, 0.5) is 4.79 Å². The molecule has 0 N–H and O–H groups in total. The summed E-state index contributed by atoms with van der Waals surface area (Å²) >= 11 is 0. The van der Waals surface area contributed by atoms with Crippen molar-refractivity contribution in [2.75, 3.05) is 6.54 Å². The molecule has 1 saturated heterocycles. The van der Waals surface area contributed by atoms with Crippen LogP contribution < -0.4 is 0 Å². The molecule has 3 nitrogen and oxygen atoms in total. The smallest absolute Gasteiger partial charge is 0.412 e. The highest BCUT2D eigenvalue weighted by molar-refractivity contribution is 5.75. The fourth-order valence-electron chi connectivity index (χ4n) is 2.49. The van der Waals surface area contributed by atoms with Gasteiger partial charge in [-0.05, 0) is 24.5 Å². The van der Waals surface area contributed by atoms with E-state index < -0.39 is 0 Å². The van der Waals surface area contributed by atoms with Crippen molar-refractivity contribution < 1.29 is 9.53 Å². The SMILES string of the molecule is CCCCN1C(=O)O/C(=C\c2ccccc2)C1CCC. The van der Waals surface area contributed by atoms with Crippen LogP contribution in [-0.4, -0.2) is 23.6 Å². The van der Waals surface area contributed by atoms with Crippen LogP contribution in [0.15, 0.2) is 36.1 Å². The van der Waals surface area contributed by atoms with Gasteiger partial charge in [0.05, 0.1) is 6.04 Å². The molecule has 0 bridgehead atoms. The predicted octanol–water partition coefficient (Wildman–Crippen LogP) is 4.45. The Labute approximate surface area is 121 Å². The fourth-order valence-corrected chi connectivity index (χ4v) is 2.49. The Morgan fingerprint density at radius 3 is 2.60 bits per heavy atom. The summed E-state index contributed by atoms with van der Waals surface area (Å²) < 4.78 is 5.49. The van der Waals surface area contributed by atoms with Crippen LogP contribution in [0.2, 0.25) is 0 Å². The maximum Gasteiger partial charge on any atom is 0.415 e. The van der Waals surface area contributed by atoms with E-state index in [1.807, 2.05) is 41.3 Å². The minimum Gasteiger partial charge on any atom is -0.412 e. The van der Waals surface area contributed by atoms with Gasteiger partial charge in [-0.15, -0.1) is 0 Å². The van der Waals surface area contributed by atoms with E-state index in [1.54, 1.807) is 0 Å². The molecular weight excluding hydrogens is 250 g/mol. The quantitative estimate of drug-likeness (QED) is 0.766. The number of cyclic esters (lactones) is 1. The average molecular weight is 273 g/mol. The van der Waals surface area contributed by atoms with E-state index in [0.717, 1.165) is 43.6 Å². The van der Waals surface area contributed by atoms with Gasteiger partial charge in [-0.1, -0.05) is 57.0 Å². The number of nitrogens with zero attached hydrogens (tertiary/aromatic N) is 1. The number of unbranched alkanes of at least 4 members (excludes halogenated alkanes) is 1. The summed E-state index contributed by atoms with van der Waals surface area (Å²) in [5, 5.41) is 0. The lowest BCUT2D eigenvalue weighted by atomic mass is 10.1. The zero-order valence-corrected chi connectivity index (χ0v) is 12.3.